The van der Waals surface area contributed by atoms with Crippen LogP contribution in [0.25, 0.3) is 0 Å². The highest BCUT2D eigenvalue weighted by molar-refractivity contribution is 5.82. The molecule has 2 nitrogen and oxygen atoms in total. The lowest BCUT2D eigenvalue weighted by molar-refractivity contribution is -0.121. The van der Waals surface area contributed by atoms with Gasteiger partial charge in [0.2, 0.25) is 5.91 Å². The van der Waals surface area contributed by atoms with Crippen LogP contribution in [0.15, 0.2) is 36.1 Å². The SMILES string of the molecule is C=C/C(=C\C=C(C)C)NC(=O)C1CC1. The zero-order valence-corrected chi connectivity index (χ0v) is 8.84. The Kier molecular flexibility index (Phi) is 3.69. The minimum Gasteiger partial charge on any atom is -0.326 e. The number of nitrogens with one attached hydrogen (secondary N) is 1. The van der Waals surface area contributed by atoms with Gasteiger partial charge in [-0.3, -0.25) is 4.79 Å². The molecule has 1 saturated carbocycles. The molecule has 0 heterocycles. The summed E-state index contributed by atoms with van der Waals surface area (Å²) in [6.45, 7) is 7.69. The van der Waals surface area contributed by atoms with Crippen LogP contribution in [0.5, 0.6) is 0 Å². The molecule has 0 atom stereocenters. The predicted octanol–water partition coefficient (Wildman–Crippen LogP) is 2.55. The van der Waals surface area contributed by atoms with Gasteiger partial charge in [-0.15, -0.1) is 0 Å². The maximum Gasteiger partial charge on any atom is 0.227 e. The first-order valence-electron chi connectivity index (χ1n) is 4.92. The summed E-state index contributed by atoms with van der Waals surface area (Å²) in [6.07, 6.45) is 7.56. The Morgan fingerprint density at radius 3 is 2.43 bits per heavy atom. The molecule has 76 valence electrons. The molecule has 1 aliphatic carbocycles. The van der Waals surface area contributed by atoms with Crippen molar-refractivity contribution in [1.82, 2.24) is 5.32 Å². The molecule has 0 aliphatic heterocycles. The standard InChI is InChI=1S/C12H17NO/c1-4-11(8-5-9(2)3)13-12(14)10-6-7-10/h4-5,8,10H,1,6-7H2,2-3H3,(H,13,14)/b11-8+. The first kappa shape index (κ1) is 10.8. The Morgan fingerprint density at radius 2 is 2.00 bits per heavy atom. The van der Waals surface area contributed by atoms with Gasteiger partial charge in [-0.1, -0.05) is 18.2 Å². The second-order valence-electron chi connectivity index (χ2n) is 3.83. The van der Waals surface area contributed by atoms with Gasteiger partial charge in [-0.25, -0.2) is 0 Å². The third-order valence-corrected chi connectivity index (χ3v) is 2.03. The minimum atomic E-state index is 0.123. The maximum absolute atomic E-state index is 11.4. The second kappa shape index (κ2) is 4.80. The normalized spacial score (nSPS) is 16.0. The zero-order valence-electron chi connectivity index (χ0n) is 8.84. The van der Waals surface area contributed by atoms with Crippen LogP contribution in [-0.4, -0.2) is 5.91 Å². The van der Waals surface area contributed by atoms with Crippen molar-refractivity contribution >= 4 is 5.91 Å². The van der Waals surface area contributed by atoms with Crippen molar-refractivity contribution < 1.29 is 4.79 Å². The number of carbonyl (C=O) groups is 1. The Labute approximate surface area is 85.4 Å². The average Bonchev–Trinajstić information content (AvgIpc) is 2.94. The number of amides is 1. The van der Waals surface area contributed by atoms with Gasteiger partial charge >= 0.3 is 0 Å². The van der Waals surface area contributed by atoms with E-state index in [-0.39, 0.29) is 11.8 Å². The van der Waals surface area contributed by atoms with Gasteiger partial charge in [0.25, 0.3) is 0 Å². The third kappa shape index (κ3) is 3.60. The molecule has 1 rings (SSSR count). The van der Waals surface area contributed by atoms with Crippen molar-refractivity contribution in [3.63, 3.8) is 0 Å². The summed E-state index contributed by atoms with van der Waals surface area (Å²) >= 11 is 0. The molecule has 2 heteroatoms. The predicted molar refractivity (Wildman–Crippen MR) is 58.6 cm³/mol. The lowest BCUT2D eigenvalue weighted by Gasteiger charge is -2.03. The van der Waals surface area contributed by atoms with Crippen LogP contribution in [0.2, 0.25) is 0 Å². The summed E-state index contributed by atoms with van der Waals surface area (Å²) < 4.78 is 0. The van der Waals surface area contributed by atoms with E-state index in [0.717, 1.165) is 18.5 Å². The Balaban J connectivity index is 2.53. The fourth-order valence-electron chi connectivity index (χ4n) is 1.01. The van der Waals surface area contributed by atoms with Crippen LogP contribution in [0.4, 0.5) is 0 Å². The number of carbonyl (C=O) groups excluding carboxylic acids is 1. The van der Waals surface area contributed by atoms with Crippen molar-refractivity contribution in [1.29, 1.82) is 0 Å². The first-order valence-corrected chi connectivity index (χ1v) is 4.92. The van der Waals surface area contributed by atoms with E-state index in [0.29, 0.717) is 0 Å². The third-order valence-electron chi connectivity index (χ3n) is 2.03. The number of allylic oxidation sites excluding steroid dienone is 4. The minimum absolute atomic E-state index is 0.123. The Bertz CT molecular complexity index is 291. The summed E-state index contributed by atoms with van der Waals surface area (Å²) in [7, 11) is 0. The molecule has 1 amide bonds. The molecule has 1 N–H and O–H groups in total. The molecular weight excluding hydrogens is 174 g/mol. The Hall–Kier alpha value is -1.31. The molecule has 0 bridgehead atoms. The van der Waals surface area contributed by atoms with Gasteiger partial charge in [-0.2, -0.15) is 0 Å². The van der Waals surface area contributed by atoms with Crippen LogP contribution >= 0.6 is 0 Å². The molecule has 0 aromatic rings. The first-order chi connectivity index (χ1) is 6.63. The van der Waals surface area contributed by atoms with E-state index in [1.165, 1.54) is 5.57 Å². The summed E-state index contributed by atoms with van der Waals surface area (Å²) in [6, 6.07) is 0. The molecule has 0 aromatic carbocycles. The monoisotopic (exact) mass is 191 g/mol. The largest absolute Gasteiger partial charge is 0.326 e. The highest BCUT2D eigenvalue weighted by Gasteiger charge is 2.29. The number of hydrogen-bond acceptors (Lipinski definition) is 1. The van der Waals surface area contributed by atoms with Crippen molar-refractivity contribution in [2.45, 2.75) is 26.7 Å². The molecule has 0 unspecified atom stereocenters. The lowest BCUT2D eigenvalue weighted by Crippen LogP contribution is -2.23. The van der Waals surface area contributed by atoms with Crippen molar-refractivity contribution in [2.24, 2.45) is 5.92 Å². The van der Waals surface area contributed by atoms with Crippen molar-refractivity contribution in [3.05, 3.63) is 36.1 Å². The topological polar surface area (TPSA) is 29.1 Å². The summed E-state index contributed by atoms with van der Waals surface area (Å²) in [5.41, 5.74) is 1.98. The van der Waals surface area contributed by atoms with Crippen LogP contribution < -0.4 is 5.32 Å². The smallest absolute Gasteiger partial charge is 0.227 e. The molecule has 1 aliphatic rings. The van der Waals surface area contributed by atoms with E-state index in [1.807, 2.05) is 26.0 Å². The fraction of sp³-hybridized carbons (Fsp3) is 0.417. The molecule has 0 spiro atoms. The molecule has 14 heavy (non-hydrogen) atoms. The van der Waals surface area contributed by atoms with E-state index >= 15 is 0 Å². The molecular formula is C12H17NO. The van der Waals surface area contributed by atoms with Gasteiger partial charge in [0.15, 0.2) is 0 Å². The van der Waals surface area contributed by atoms with Gasteiger partial charge < -0.3 is 5.32 Å². The van der Waals surface area contributed by atoms with E-state index in [9.17, 15) is 4.79 Å². The van der Waals surface area contributed by atoms with Crippen LogP contribution in [0.1, 0.15) is 26.7 Å². The van der Waals surface area contributed by atoms with Crippen LogP contribution in [-0.2, 0) is 4.79 Å². The van der Waals surface area contributed by atoms with Crippen molar-refractivity contribution in [2.75, 3.05) is 0 Å². The number of rotatable bonds is 4. The van der Waals surface area contributed by atoms with Crippen molar-refractivity contribution in [3.8, 4) is 0 Å². The van der Waals surface area contributed by atoms with Gasteiger partial charge in [-0.05, 0) is 38.8 Å². The van der Waals surface area contributed by atoms with Gasteiger partial charge in [0.05, 0.1) is 0 Å². The molecule has 1 fully saturated rings. The fourth-order valence-corrected chi connectivity index (χ4v) is 1.01. The van der Waals surface area contributed by atoms with Crippen LogP contribution in [0.3, 0.4) is 0 Å². The van der Waals surface area contributed by atoms with E-state index in [2.05, 4.69) is 11.9 Å². The molecule has 0 radical (unpaired) electrons. The summed E-state index contributed by atoms with van der Waals surface area (Å²) in [4.78, 5) is 11.4. The van der Waals surface area contributed by atoms with Crippen LogP contribution in [0, 0.1) is 5.92 Å². The molecule has 0 saturated heterocycles. The molecule has 0 aromatic heterocycles. The lowest BCUT2D eigenvalue weighted by atomic mass is 10.2. The average molecular weight is 191 g/mol. The highest BCUT2D eigenvalue weighted by Crippen LogP contribution is 2.29. The van der Waals surface area contributed by atoms with E-state index < -0.39 is 0 Å². The van der Waals surface area contributed by atoms with E-state index in [1.54, 1.807) is 6.08 Å². The van der Waals surface area contributed by atoms with Gasteiger partial charge in [0, 0.05) is 11.6 Å². The summed E-state index contributed by atoms with van der Waals surface area (Å²) in [5, 5.41) is 2.84. The Morgan fingerprint density at radius 1 is 1.36 bits per heavy atom. The second-order valence-corrected chi connectivity index (χ2v) is 3.83. The maximum atomic E-state index is 11.4. The van der Waals surface area contributed by atoms with E-state index in [4.69, 9.17) is 0 Å². The summed E-state index contributed by atoms with van der Waals surface area (Å²) in [5.74, 6) is 0.364. The quantitative estimate of drug-likeness (QED) is 0.680. The zero-order chi connectivity index (χ0) is 10.6. The highest BCUT2D eigenvalue weighted by atomic mass is 16.2. The van der Waals surface area contributed by atoms with Gasteiger partial charge in [0.1, 0.15) is 0 Å². The number of hydrogen-bond donors (Lipinski definition) is 1.